The quantitative estimate of drug-likeness (QED) is 0.715. The van der Waals surface area contributed by atoms with E-state index in [2.05, 4.69) is 45.0 Å². The molecule has 0 N–H and O–H groups in total. The van der Waals surface area contributed by atoms with Crippen LogP contribution >= 0.6 is 11.8 Å². The van der Waals surface area contributed by atoms with E-state index in [9.17, 15) is 4.79 Å². The number of aryl methyl sites for hydroxylation is 1. The van der Waals surface area contributed by atoms with E-state index >= 15 is 0 Å². The molecule has 0 amide bonds. The van der Waals surface area contributed by atoms with E-state index in [0.29, 0.717) is 0 Å². The Balaban J connectivity index is 2.20. The zero-order valence-electron chi connectivity index (χ0n) is 12.4. The SMILES string of the molecule is Cc1cc(C=O)ccc1Sc1ccc(C(C)(C)C)cc1. The van der Waals surface area contributed by atoms with Crippen LogP contribution in [0.15, 0.2) is 52.3 Å². The van der Waals surface area contributed by atoms with E-state index in [1.54, 1.807) is 11.8 Å². The van der Waals surface area contributed by atoms with E-state index in [4.69, 9.17) is 0 Å². The van der Waals surface area contributed by atoms with Crippen molar-refractivity contribution in [3.8, 4) is 0 Å². The molecular formula is C18H20OS. The molecule has 0 saturated heterocycles. The maximum Gasteiger partial charge on any atom is 0.150 e. The van der Waals surface area contributed by atoms with Crippen LogP contribution in [0.2, 0.25) is 0 Å². The Hall–Kier alpha value is -1.54. The second kappa shape index (κ2) is 5.84. The minimum absolute atomic E-state index is 0.185. The molecule has 1 nitrogen and oxygen atoms in total. The van der Waals surface area contributed by atoms with Gasteiger partial charge in [0.1, 0.15) is 6.29 Å². The molecule has 0 atom stereocenters. The van der Waals surface area contributed by atoms with Crippen LogP contribution in [0.3, 0.4) is 0 Å². The van der Waals surface area contributed by atoms with Crippen molar-refractivity contribution < 1.29 is 4.79 Å². The van der Waals surface area contributed by atoms with Crippen LogP contribution in [-0.4, -0.2) is 6.29 Å². The topological polar surface area (TPSA) is 17.1 Å². The molecule has 20 heavy (non-hydrogen) atoms. The van der Waals surface area contributed by atoms with Gasteiger partial charge in [0.05, 0.1) is 0 Å². The van der Waals surface area contributed by atoms with E-state index in [-0.39, 0.29) is 5.41 Å². The molecule has 0 aliphatic carbocycles. The molecule has 0 bridgehead atoms. The fourth-order valence-corrected chi connectivity index (χ4v) is 2.89. The highest BCUT2D eigenvalue weighted by Gasteiger charge is 2.13. The van der Waals surface area contributed by atoms with E-state index in [0.717, 1.165) is 17.4 Å². The van der Waals surface area contributed by atoms with Crippen LogP contribution in [0.4, 0.5) is 0 Å². The van der Waals surface area contributed by atoms with Gasteiger partial charge >= 0.3 is 0 Å². The lowest BCUT2D eigenvalue weighted by atomic mass is 9.87. The predicted octanol–water partition coefficient (Wildman–Crippen LogP) is 5.26. The molecule has 2 rings (SSSR count). The molecule has 0 aliphatic rings. The maximum atomic E-state index is 10.8. The van der Waals surface area contributed by atoms with Crippen LogP contribution in [0.5, 0.6) is 0 Å². The Kier molecular flexibility index (Phi) is 4.34. The van der Waals surface area contributed by atoms with Crippen LogP contribution < -0.4 is 0 Å². The Morgan fingerprint density at radius 3 is 2.15 bits per heavy atom. The third-order valence-electron chi connectivity index (χ3n) is 3.28. The predicted molar refractivity (Wildman–Crippen MR) is 85.8 cm³/mol. The summed E-state index contributed by atoms with van der Waals surface area (Å²) < 4.78 is 0. The molecule has 0 aliphatic heterocycles. The maximum absolute atomic E-state index is 10.8. The van der Waals surface area contributed by atoms with Gasteiger partial charge in [0.25, 0.3) is 0 Å². The molecular weight excluding hydrogens is 264 g/mol. The molecule has 0 radical (unpaired) electrons. The summed E-state index contributed by atoms with van der Waals surface area (Å²) >= 11 is 1.74. The Labute approximate surface area is 125 Å². The smallest absolute Gasteiger partial charge is 0.150 e. The monoisotopic (exact) mass is 284 g/mol. The van der Waals surface area contributed by atoms with Gasteiger partial charge in [-0.15, -0.1) is 0 Å². The standard InChI is InChI=1S/C18H20OS/c1-13-11-14(12-19)5-10-17(13)20-16-8-6-15(7-9-16)18(2,3)4/h5-12H,1-4H3. The lowest BCUT2D eigenvalue weighted by Crippen LogP contribution is -2.10. The second-order valence-corrected chi connectivity index (χ2v) is 7.13. The Bertz CT molecular complexity index is 606. The first-order chi connectivity index (χ1) is 9.40. The average molecular weight is 284 g/mol. The highest BCUT2D eigenvalue weighted by Crippen LogP contribution is 2.32. The summed E-state index contributed by atoms with van der Waals surface area (Å²) in [5.74, 6) is 0. The third-order valence-corrected chi connectivity index (χ3v) is 4.47. The van der Waals surface area contributed by atoms with Gasteiger partial charge in [-0.2, -0.15) is 0 Å². The second-order valence-electron chi connectivity index (χ2n) is 6.02. The first-order valence-electron chi connectivity index (χ1n) is 6.74. The molecule has 0 aromatic heterocycles. The van der Waals surface area contributed by atoms with E-state index in [1.807, 2.05) is 25.1 Å². The summed E-state index contributed by atoms with van der Waals surface area (Å²) in [5, 5.41) is 0. The van der Waals surface area contributed by atoms with Crippen molar-refractivity contribution in [3.05, 3.63) is 59.2 Å². The third kappa shape index (κ3) is 3.51. The molecule has 0 saturated carbocycles. The van der Waals surface area contributed by atoms with E-state index < -0.39 is 0 Å². The van der Waals surface area contributed by atoms with Crippen molar-refractivity contribution in [1.82, 2.24) is 0 Å². The number of hydrogen-bond donors (Lipinski definition) is 0. The largest absolute Gasteiger partial charge is 0.298 e. The number of rotatable bonds is 3. The van der Waals surface area contributed by atoms with Crippen LogP contribution in [0.1, 0.15) is 42.3 Å². The number of carbonyl (C=O) groups is 1. The van der Waals surface area contributed by atoms with E-state index in [1.165, 1.54) is 15.4 Å². The fourth-order valence-electron chi connectivity index (χ4n) is 2.01. The molecule has 0 fully saturated rings. The molecule has 0 unspecified atom stereocenters. The average Bonchev–Trinajstić information content (AvgIpc) is 2.40. The summed E-state index contributed by atoms with van der Waals surface area (Å²) in [7, 11) is 0. The van der Waals surface area contributed by atoms with Crippen molar-refractivity contribution in [2.24, 2.45) is 0 Å². The van der Waals surface area contributed by atoms with Gasteiger partial charge in [-0.25, -0.2) is 0 Å². The summed E-state index contributed by atoms with van der Waals surface area (Å²) in [5.41, 5.74) is 3.40. The lowest BCUT2D eigenvalue weighted by molar-refractivity contribution is 0.112. The number of aldehydes is 1. The highest BCUT2D eigenvalue weighted by molar-refractivity contribution is 7.99. The Morgan fingerprint density at radius 2 is 1.65 bits per heavy atom. The molecule has 2 heteroatoms. The summed E-state index contributed by atoms with van der Waals surface area (Å²) in [6.45, 7) is 8.70. The first kappa shape index (κ1) is 14.9. The van der Waals surface area contributed by atoms with Crippen molar-refractivity contribution in [1.29, 1.82) is 0 Å². The van der Waals surface area contributed by atoms with Crippen molar-refractivity contribution in [2.45, 2.75) is 42.9 Å². The van der Waals surface area contributed by atoms with Gasteiger partial charge in [-0.05, 0) is 47.7 Å². The summed E-state index contributed by atoms with van der Waals surface area (Å²) in [6.07, 6.45) is 0.888. The van der Waals surface area contributed by atoms with Gasteiger partial charge in [-0.1, -0.05) is 50.7 Å². The van der Waals surface area contributed by atoms with Gasteiger partial charge in [0.2, 0.25) is 0 Å². The Morgan fingerprint density at radius 1 is 1.00 bits per heavy atom. The minimum atomic E-state index is 0.185. The molecule has 0 heterocycles. The molecule has 0 spiro atoms. The molecule has 2 aromatic rings. The lowest BCUT2D eigenvalue weighted by Gasteiger charge is -2.19. The zero-order valence-corrected chi connectivity index (χ0v) is 13.3. The first-order valence-corrected chi connectivity index (χ1v) is 7.56. The van der Waals surface area contributed by atoms with Crippen LogP contribution in [-0.2, 0) is 5.41 Å². The summed E-state index contributed by atoms with van der Waals surface area (Å²) in [6, 6.07) is 14.5. The highest BCUT2D eigenvalue weighted by atomic mass is 32.2. The van der Waals surface area contributed by atoms with Gasteiger partial charge < -0.3 is 0 Å². The van der Waals surface area contributed by atoms with Gasteiger partial charge in [0, 0.05) is 15.4 Å². The zero-order chi connectivity index (χ0) is 14.8. The molecule has 104 valence electrons. The number of carbonyl (C=O) groups excluding carboxylic acids is 1. The number of hydrogen-bond acceptors (Lipinski definition) is 2. The normalized spacial score (nSPS) is 11.4. The van der Waals surface area contributed by atoms with Crippen LogP contribution in [0.25, 0.3) is 0 Å². The molecule has 2 aromatic carbocycles. The van der Waals surface area contributed by atoms with Gasteiger partial charge in [-0.3, -0.25) is 4.79 Å². The van der Waals surface area contributed by atoms with Crippen molar-refractivity contribution >= 4 is 18.0 Å². The minimum Gasteiger partial charge on any atom is -0.298 e. The van der Waals surface area contributed by atoms with Crippen molar-refractivity contribution in [2.75, 3.05) is 0 Å². The van der Waals surface area contributed by atoms with Gasteiger partial charge in [0.15, 0.2) is 0 Å². The van der Waals surface area contributed by atoms with Crippen molar-refractivity contribution in [3.63, 3.8) is 0 Å². The fraction of sp³-hybridized carbons (Fsp3) is 0.278. The van der Waals surface area contributed by atoms with Crippen LogP contribution in [0, 0.1) is 6.92 Å². The summed E-state index contributed by atoms with van der Waals surface area (Å²) in [4.78, 5) is 13.2. The number of benzene rings is 2.